The van der Waals surface area contributed by atoms with Crippen LogP contribution in [-0.4, -0.2) is 28.8 Å². The highest BCUT2D eigenvalue weighted by molar-refractivity contribution is 5.73. The van der Waals surface area contributed by atoms with Crippen molar-refractivity contribution in [3.8, 4) is 0 Å². The Bertz CT molecular complexity index is 479. The maximum atomic E-state index is 13.2. The molecule has 5 heteroatoms. The van der Waals surface area contributed by atoms with Gasteiger partial charge < -0.3 is 15.5 Å². The smallest absolute Gasteiger partial charge is 0.320 e. The standard InChI is InChI=1S/C16H24FNO3/c1-4-10(2)15(16(20)21)18-8-7-14(19)12-5-6-13(17)11(3)9-12/h5-6,9-10,14-15,18-19H,4,7-8H2,1-3H3,(H,20,21). The summed E-state index contributed by atoms with van der Waals surface area (Å²) in [5, 5.41) is 22.2. The molecule has 0 aliphatic heterocycles. The quantitative estimate of drug-likeness (QED) is 0.690. The largest absolute Gasteiger partial charge is 0.480 e. The van der Waals surface area contributed by atoms with Gasteiger partial charge in [-0.15, -0.1) is 0 Å². The summed E-state index contributed by atoms with van der Waals surface area (Å²) in [6, 6.07) is 3.89. The van der Waals surface area contributed by atoms with Crippen LogP contribution < -0.4 is 5.32 Å². The van der Waals surface area contributed by atoms with Crippen LogP contribution in [0.4, 0.5) is 4.39 Å². The van der Waals surface area contributed by atoms with Gasteiger partial charge >= 0.3 is 5.97 Å². The molecule has 0 heterocycles. The maximum Gasteiger partial charge on any atom is 0.320 e. The van der Waals surface area contributed by atoms with E-state index in [1.54, 1.807) is 19.1 Å². The summed E-state index contributed by atoms with van der Waals surface area (Å²) >= 11 is 0. The molecule has 118 valence electrons. The van der Waals surface area contributed by atoms with Crippen LogP contribution in [0.15, 0.2) is 18.2 Å². The van der Waals surface area contributed by atoms with Gasteiger partial charge in [-0.2, -0.15) is 0 Å². The van der Waals surface area contributed by atoms with Crippen molar-refractivity contribution >= 4 is 5.97 Å². The topological polar surface area (TPSA) is 69.6 Å². The van der Waals surface area contributed by atoms with Crippen molar-refractivity contribution in [3.05, 3.63) is 35.1 Å². The summed E-state index contributed by atoms with van der Waals surface area (Å²) in [6.07, 6.45) is 0.415. The van der Waals surface area contributed by atoms with Crippen molar-refractivity contribution in [1.29, 1.82) is 0 Å². The van der Waals surface area contributed by atoms with Crippen LogP contribution in [0.25, 0.3) is 0 Å². The average molecular weight is 297 g/mol. The van der Waals surface area contributed by atoms with Gasteiger partial charge in [0.25, 0.3) is 0 Å². The Morgan fingerprint density at radius 3 is 2.62 bits per heavy atom. The number of benzene rings is 1. The molecule has 0 radical (unpaired) electrons. The van der Waals surface area contributed by atoms with Gasteiger partial charge in [0.1, 0.15) is 11.9 Å². The number of carboxylic acid groups (broad SMARTS) is 1. The normalized spacial score (nSPS) is 15.5. The lowest BCUT2D eigenvalue weighted by Gasteiger charge is -2.21. The number of rotatable bonds is 8. The highest BCUT2D eigenvalue weighted by atomic mass is 19.1. The van der Waals surface area contributed by atoms with Gasteiger partial charge in [0.05, 0.1) is 6.10 Å². The second-order valence-electron chi connectivity index (χ2n) is 5.47. The van der Waals surface area contributed by atoms with Crippen molar-refractivity contribution in [2.24, 2.45) is 5.92 Å². The third kappa shape index (κ3) is 5.10. The van der Waals surface area contributed by atoms with Gasteiger partial charge in [-0.1, -0.05) is 32.4 Å². The fourth-order valence-corrected chi connectivity index (χ4v) is 2.18. The van der Waals surface area contributed by atoms with Crippen LogP contribution in [0.2, 0.25) is 0 Å². The van der Waals surface area contributed by atoms with Crippen LogP contribution in [0, 0.1) is 18.7 Å². The summed E-state index contributed by atoms with van der Waals surface area (Å²) < 4.78 is 13.2. The van der Waals surface area contributed by atoms with Crippen molar-refractivity contribution in [2.45, 2.75) is 45.8 Å². The van der Waals surface area contributed by atoms with E-state index in [0.29, 0.717) is 24.1 Å². The molecule has 3 unspecified atom stereocenters. The minimum absolute atomic E-state index is 0.0210. The molecule has 0 aromatic heterocycles. The molecule has 0 aliphatic carbocycles. The maximum absolute atomic E-state index is 13.2. The molecule has 0 spiro atoms. The van der Waals surface area contributed by atoms with Crippen LogP contribution in [-0.2, 0) is 4.79 Å². The fourth-order valence-electron chi connectivity index (χ4n) is 2.18. The van der Waals surface area contributed by atoms with Crippen LogP contribution >= 0.6 is 0 Å². The Labute approximate surface area is 125 Å². The lowest BCUT2D eigenvalue weighted by molar-refractivity contribution is -0.140. The highest BCUT2D eigenvalue weighted by Gasteiger charge is 2.22. The summed E-state index contributed by atoms with van der Waals surface area (Å²) in [6.45, 7) is 5.86. The van der Waals surface area contributed by atoms with Crippen LogP contribution in [0.1, 0.15) is 43.9 Å². The zero-order valence-electron chi connectivity index (χ0n) is 12.8. The molecule has 3 atom stereocenters. The Morgan fingerprint density at radius 2 is 2.10 bits per heavy atom. The van der Waals surface area contributed by atoms with E-state index < -0.39 is 18.1 Å². The Kier molecular flexibility index (Phi) is 6.78. The number of aliphatic carboxylic acids is 1. The van der Waals surface area contributed by atoms with Gasteiger partial charge in [-0.05, 0) is 43.0 Å². The van der Waals surface area contributed by atoms with Crippen molar-refractivity contribution in [2.75, 3.05) is 6.54 Å². The second kappa shape index (κ2) is 8.10. The molecule has 4 nitrogen and oxygen atoms in total. The van der Waals surface area contributed by atoms with E-state index in [9.17, 15) is 14.3 Å². The molecular formula is C16H24FNO3. The number of halogens is 1. The minimum Gasteiger partial charge on any atom is -0.480 e. The zero-order chi connectivity index (χ0) is 16.0. The molecule has 0 amide bonds. The Balaban J connectivity index is 2.54. The van der Waals surface area contributed by atoms with E-state index in [2.05, 4.69) is 5.32 Å². The SMILES string of the molecule is CCC(C)C(NCCC(O)c1ccc(F)c(C)c1)C(=O)O. The number of hydrogen-bond donors (Lipinski definition) is 3. The summed E-state index contributed by atoms with van der Waals surface area (Å²) in [5.41, 5.74) is 1.13. The molecular weight excluding hydrogens is 273 g/mol. The number of hydrogen-bond acceptors (Lipinski definition) is 3. The number of aryl methyl sites for hydroxylation is 1. The molecule has 3 N–H and O–H groups in total. The van der Waals surface area contributed by atoms with Gasteiger partial charge in [0.15, 0.2) is 0 Å². The van der Waals surface area contributed by atoms with Crippen molar-refractivity contribution in [1.82, 2.24) is 5.32 Å². The van der Waals surface area contributed by atoms with E-state index in [-0.39, 0.29) is 11.7 Å². The first-order chi connectivity index (χ1) is 9.86. The summed E-state index contributed by atoms with van der Waals surface area (Å²) in [4.78, 5) is 11.2. The first kappa shape index (κ1) is 17.6. The minimum atomic E-state index is -0.878. The number of carbonyl (C=O) groups is 1. The average Bonchev–Trinajstić information content (AvgIpc) is 2.45. The fraction of sp³-hybridized carbons (Fsp3) is 0.562. The molecule has 0 aliphatic rings. The molecule has 1 aromatic carbocycles. The molecule has 0 bridgehead atoms. The molecule has 1 rings (SSSR count). The number of nitrogens with one attached hydrogen (secondary N) is 1. The van der Waals surface area contributed by atoms with Gasteiger partial charge in [-0.25, -0.2) is 4.39 Å². The van der Waals surface area contributed by atoms with E-state index in [1.807, 2.05) is 13.8 Å². The van der Waals surface area contributed by atoms with Crippen LogP contribution in [0.3, 0.4) is 0 Å². The molecule has 21 heavy (non-hydrogen) atoms. The lowest BCUT2D eigenvalue weighted by Crippen LogP contribution is -2.42. The van der Waals surface area contributed by atoms with E-state index >= 15 is 0 Å². The van der Waals surface area contributed by atoms with Crippen molar-refractivity contribution in [3.63, 3.8) is 0 Å². The highest BCUT2D eigenvalue weighted by Crippen LogP contribution is 2.19. The predicted octanol–water partition coefficient (Wildman–Crippen LogP) is 2.65. The molecule has 0 saturated carbocycles. The van der Waals surface area contributed by atoms with Crippen molar-refractivity contribution < 1.29 is 19.4 Å². The van der Waals surface area contributed by atoms with Gasteiger partial charge in [0.2, 0.25) is 0 Å². The Hall–Kier alpha value is -1.46. The lowest BCUT2D eigenvalue weighted by atomic mass is 9.98. The number of aliphatic hydroxyl groups excluding tert-OH is 1. The van der Waals surface area contributed by atoms with E-state index in [1.165, 1.54) is 6.07 Å². The first-order valence-corrected chi connectivity index (χ1v) is 7.27. The molecule has 1 aromatic rings. The second-order valence-corrected chi connectivity index (χ2v) is 5.47. The zero-order valence-corrected chi connectivity index (χ0v) is 12.8. The van der Waals surface area contributed by atoms with Crippen LogP contribution in [0.5, 0.6) is 0 Å². The molecule has 0 saturated heterocycles. The van der Waals surface area contributed by atoms with E-state index in [0.717, 1.165) is 6.42 Å². The van der Waals surface area contributed by atoms with E-state index in [4.69, 9.17) is 5.11 Å². The number of aliphatic hydroxyl groups is 1. The Morgan fingerprint density at radius 1 is 1.43 bits per heavy atom. The predicted molar refractivity (Wildman–Crippen MR) is 79.6 cm³/mol. The molecule has 0 fully saturated rings. The first-order valence-electron chi connectivity index (χ1n) is 7.27. The summed E-state index contributed by atoms with van der Waals surface area (Å²) in [5.74, 6) is -1.16. The van der Waals surface area contributed by atoms with Gasteiger partial charge in [0, 0.05) is 0 Å². The monoisotopic (exact) mass is 297 g/mol. The summed E-state index contributed by atoms with van der Waals surface area (Å²) in [7, 11) is 0. The third-order valence-corrected chi connectivity index (χ3v) is 3.83. The van der Waals surface area contributed by atoms with Gasteiger partial charge in [-0.3, -0.25) is 4.79 Å². The third-order valence-electron chi connectivity index (χ3n) is 3.83. The number of carboxylic acids is 1.